The summed E-state index contributed by atoms with van der Waals surface area (Å²) in [5.41, 5.74) is 6.65. The molecule has 8 heteroatoms. The van der Waals surface area contributed by atoms with Crippen LogP contribution in [0.3, 0.4) is 0 Å². The number of hydrogen-bond donors (Lipinski definition) is 4. The minimum Gasteiger partial charge on any atom is -0.343 e. The summed E-state index contributed by atoms with van der Waals surface area (Å²) in [7, 11) is 0. The van der Waals surface area contributed by atoms with E-state index in [-0.39, 0.29) is 24.4 Å². The molecular formula is C18H28N4O3S. The van der Waals surface area contributed by atoms with Crippen LogP contribution in [0.2, 0.25) is 0 Å². The van der Waals surface area contributed by atoms with Crippen molar-refractivity contribution in [1.29, 1.82) is 0 Å². The molecule has 1 rings (SSSR count). The molecule has 0 aromatic heterocycles. The molecule has 1 heterocycles. The van der Waals surface area contributed by atoms with Crippen LogP contribution in [0.1, 0.15) is 27.2 Å². The topological polar surface area (TPSA) is 113 Å². The highest BCUT2D eigenvalue weighted by Gasteiger charge is 2.24. The Labute approximate surface area is 158 Å². The number of hydrogen-bond acceptors (Lipinski definition) is 5. The molecule has 5 N–H and O–H groups in total. The monoisotopic (exact) mass is 380 g/mol. The maximum atomic E-state index is 12.5. The van der Waals surface area contributed by atoms with E-state index in [0.29, 0.717) is 6.42 Å². The standard InChI is InChI=1S/C18H28N4O3S/c1-12-7-5-4-6-8-26-10-15(12)9-16(22-17(24)13(2)19)18(25)21-11-20-14(3)23/h4-7,10,12-13,16H,8-9,11,19H2,1-3H3,(H,20,23)(H,21,25)(H,22,24)/b6-4-,7-5-,15-10-/t12?,13?,16-/m1/s1. The van der Waals surface area contributed by atoms with Crippen LogP contribution in [-0.2, 0) is 14.4 Å². The van der Waals surface area contributed by atoms with Crippen molar-refractivity contribution >= 4 is 29.5 Å². The van der Waals surface area contributed by atoms with Gasteiger partial charge in [-0.1, -0.05) is 36.8 Å². The van der Waals surface area contributed by atoms with Gasteiger partial charge in [0, 0.05) is 12.7 Å². The first-order chi connectivity index (χ1) is 12.3. The summed E-state index contributed by atoms with van der Waals surface area (Å²) < 4.78 is 0. The lowest BCUT2D eigenvalue weighted by Crippen LogP contribution is -2.52. The molecule has 0 aliphatic carbocycles. The molecular weight excluding hydrogens is 352 g/mol. The number of allylic oxidation sites excluding steroid dienone is 3. The molecule has 7 nitrogen and oxygen atoms in total. The zero-order valence-corrected chi connectivity index (χ0v) is 16.3. The van der Waals surface area contributed by atoms with Crippen molar-refractivity contribution in [3.05, 3.63) is 35.3 Å². The van der Waals surface area contributed by atoms with Gasteiger partial charge in [0.2, 0.25) is 17.7 Å². The zero-order valence-electron chi connectivity index (χ0n) is 15.5. The zero-order chi connectivity index (χ0) is 19.5. The summed E-state index contributed by atoms with van der Waals surface area (Å²) in [6.45, 7) is 4.98. The van der Waals surface area contributed by atoms with Crippen LogP contribution >= 0.6 is 11.8 Å². The van der Waals surface area contributed by atoms with E-state index in [1.807, 2.05) is 30.6 Å². The summed E-state index contributed by atoms with van der Waals surface area (Å²) in [6.07, 6.45) is 8.45. The predicted octanol–water partition coefficient (Wildman–Crippen LogP) is 0.798. The molecule has 144 valence electrons. The molecule has 0 aromatic rings. The van der Waals surface area contributed by atoms with Gasteiger partial charge in [0.05, 0.1) is 12.7 Å². The van der Waals surface area contributed by atoms with Crippen molar-refractivity contribution in [3.8, 4) is 0 Å². The maximum Gasteiger partial charge on any atom is 0.244 e. The molecule has 0 saturated heterocycles. The van der Waals surface area contributed by atoms with Crippen LogP contribution < -0.4 is 21.7 Å². The van der Waals surface area contributed by atoms with E-state index >= 15 is 0 Å². The lowest BCUT2D eigenvalue weighted by Gasteiger charge is -2.23. The van der Waals surface area contributed by atoms with Gasteiger partial charge in [-0.25, -0.2) is 0 Å². The molecule has 1 aliphatic rings. The third-order valence-electron chi connectivity index (χ3n) is 3.75. The summed E-state index contributed by atoms with van der Waals surface area (Å²) in [5.74, 6) is -0.0449. The van der Waals surface area contributed by atoms with E-state index in [0.717, 1.165) is 11.3 Å². The molecule has 3 atom stereocenters. The van der Waals surface area contributed by atoms with E-state index in [2.05, 4.69) is 22.0 Å². The lowest BCUT2D eigenvalue weighted by atomic mass is 9.95. The third-order valence-corrected chi connectivity index (χ3v) is 4.60. The van der Waals surface area contributed by atoms with Crippen molar-refractivity contribution in [1.82, 2.24) is 16.0 Å². The Balaban J connectivity index is 2.86. The molecule has 1 aliphatic heterocycles. The summed E-state index contributed by atoms with van der Waals surface area (Å²) in [5, 5.41) is 9.85. The highest BCUT2D eigenvalue weighted by atomic mass is 32.2. The van der Waals surface area contributed by atoms with Crippen molar-refractivity contribution in [2.45, 2.75) is 39.3 Å². The van der Waals surface area contributed by atoms with Crippen LogP contribution in [0, 0.1) is 5.92 Å². The van der Waals surface area contributed by atoms with Crippen molar-refractivity contribution in [3.63, 3.8) is 0 Å². The summed E-state index contributed by atoms with van der Waals surface area (Å²) >= 11 is 1.64. The second-order valence-electron chi connectivity index (χ2n) is 6.13. The van der Waals surface area contributed by atoms with Gasteiger partial charge < -0.3 is 21.7 Å². The fourth-order valence-electron chi connectivity index (χ4n) is 2.17. The molecule has 0 radical (unpaired) electrons. The molecule has 26 heavy (non-hydrogen) atoms. The Morgan fingerprint density at radius 3 is 2.65 bits per heavy atom. The second-order valence-corrected chi connectivity index (χ2v) is 7.03. The first-order valence-electron chi connectivity index (χ1n) is 8.53. The van der Waals surface area contributed by atoms with Crippen LogP contribution in [0.15, 0.2) is 35.3 Å². The number of thioether (sulfide) groups is 1. The largest absolute Gasteiger partial charge is 0.343 e. The molecule has 2 unspecified atom stereocenters. The number of nitrogens with one attached hydrogen (secondary N) is 3. The maximum absolute atomic E-state index is 12.5. The molecule has 0 aromatic carbocycles. The number of carbonyl (C=O) groups is 3. The van der Waals surface area contributed by atoms with Gasteiger partial charge in [-0.2, -0.15) is 0 Å². The second kappa shape index (κ2) is 11.5. The minimum atomic E-state index is -0.765. The average Bonchev–Trinajstić information content (AvgIpc) is 2.66. The summed E-state index contributed by atoms with van der Waals surface area (Å²) in [4.78, 5) is 35.5. The number of amides is 3. The first kappa shape index (κ1) is 22.0. The van der Waals surface area contributed by atoms with Crippen molar-refractivity contribution in [2.24, 2.45) is 11.7 Å². The first-order valence-corrected chi connectivity index (χ1v) is 9.58. The molecule has 0 fully saturated rings. The minimum absolute atomic E-state index is 0.00584. The molecule has 0 spiro atoms. The van der Waals surface area contributed by atoms with Gasteiger partial charge in [0.25, 0.3) is 0 Å². The smallest absolute Gasteiger partial charge is 0.244 e. The van der Waals surface area contributed by atoms with Gasteiger partial charge in [-0.15, -0.1) is 11.8 Å². The predicted molar refractivity (Wildman–Crippen MR) is 105 cm³/mol. The Morgan fingerprint density at radius 1 is 1.27 bits per heavy atom. The number of rotatable bonds is 7. The number of nitrogens with two attached hydrogens (primary N) is 1. The van der Waals surface area contributed by atoms with E-state index < -0.39 is 18.0 Å². The summed E-state index contributed by atoms with van der Waals surface area (Å²) in [6, 6.07) is -1.48. The normalized spacial score (nSPS) is 23.7. The molecule has 0 saturated carbocycles. The molecule has 0 bridgehead atoms. The Morgan fingerprint density at radius 2 is 2.00 bits per heavy atom. The lowest BCUT2D eigenvalue weighted by molar-refractivity contribution is -0.129. The van der Waals surface area contributed by atoms with Crippen LogP contribution in [0.4, 0.5) is 0 Å². The van der Waals surface area contributed by atoms with Crippen molar-refractivity contribution < 1.29 is 14.4 Å². The van der Waals surface area contributed by atoms with Gasteiger partial charge in [0.1, 0.15) is 6.04 Å². The van der Waals surface area contributed by atoms with Crippen molar-refractivity contribution in [2.75, 3.05) is 12.4 Å². The van der Waals surface area contributed by atoms with Gasteiger partial charge in [-0.05, 0) is 24.7 Å². The van der Waals surface area contributed by atoms with Crippen LogP contribution in [0.25, 0.3) is 0 Å². The van der Waals surface area contributed by atoms with Crippen LogP contribution in [-0.4, -0.2) is 42.2 Å². The third kappa shape index (κ3) is 8.35. The highest BCUT2D eigenvalue weighted by molar-refractivity contribution is 8.02. The Bertz CT molecular complexity index is 599. The quantitative estimate of drug-likeness (QED) is 0.488. The van der Waals surface area contributed by atoms with Crippen LogP contribution in [0.5, 0.6) is 0 Å². The highest BCUT2D eigenvalue weighted by Crippen LogP contribution is 2.23. The van der Waals surface area contributed by atoms with E-state index in [9.17, 15) is 14.4 Å². The van der Waals surface area contributed by atoms with E-state index in [4.69, 9.17) is 5.73 Å². The average molecular weight is 381 g/mol. The SMILES string of the molecule is CC(=O)NCNC(=O)[C@@H](C/C1=C/SC/C=C\C=C/C1C)NC(=O)C(C)N. The Kier molecular flexibility index (Phi) is 9.75. The number of carbonyl (C=O) groups excluding carboxylic acids is 3. The van der Waals surface area contributed by atoms with Gasteiger partial charge in [0.15, 0.2) is 0 Å². The fourth-order valence-corrected chi connectivity index (χ4v) is 3.01. The van der Waals surface area contributed by atoms with Gasteiger partial charge >= 0.3 is 0 Å². The van der Waals surface area contributed by atoms with E-state index in [1.165, 1.54) is 6.92 Å². The molecule has 3 amide bonds. The van der Waals surface area contributed by atoms with E-state index in [1.54, 1.807) is 18.7 Å². The van der Waals surface area contributed by atoms with Gasteiger partial charge in [-0.3, -0.25) is 14.4 Å². The Hall–Kier alpha value is -2.06. The fraction of sp³-hybridized carbons (Fsp3) is 0.500.